The Morgan fingerprint density at radius 2 is 1.93 bits per heavy atom. The molecule has 9 nitrogen and oxygen atoms in total. The fraction of sp³-hybridized carbons (Fsp3) is 0.526. The molecule has 0 aliphatic carbocycles. The predicted molar refractivity (Wildman–Crippen MR) is 99.7 cm³/mol. The molecule has 3 rings (SSSR count). The monoisotopic (exact) mass is 391 g/mol. The van der Waals surface area contributed by atoms with Gasteiger partial charge in [0.05, 0.1) is 33.0 Å². The number of aliphatic hydroxyl groups excluding tert-OH is 1. The average Bonchev–Trinajstić information content (AvgIpc) is 3.00. The maximum Gasteiger partial charge on any atom is 0.255 e. The lowest BCUT2D eigenvalue weighted by molar-refractivity contribution is -0.136. The Balaban J connectivity index is 1.48. The van der Waals surface area contributed by atoms with Crippen LogP contribution in [-0.2, 0) is 25.6 Å². The van der Waals surface area contributed by atoms with E-state index in [1.807, 2.05) is 12.1 Å². The Morgan fingerprint density at radius 1 is 1.14 bits per heavy atom. The van der Waals surface area contributed by atoms with Crippen molar-refractivity contribution in [3.05, 3.63) is 29.3 Å². The van der Waals surface area contributed by atoms with Gasteiger partial charge >= 0.3 is 0 Å². The fourth-order valence-electron chi connectivity index (χ4n) is 3.34. The van der Waals surface area contributed by atoms with Gasteiger partial charge in [0.2, 0.25) is 11.8 Å². The molecule has 0 saturated carbocycles. The van der Waals surface area contributed by atoms with Crippen molar-refractivity contribution in [3.8, 4) is 0 Å². The van der Waals surface area contributed by atoms with E-state index in [1.54, 1.807) is 6.07 Å². The number of fused-ring (bicyclic) bond motifs is 1. The normalized spacial score (nSPS) is 19.0. The maximum absolute atomic E-state index is 12.6. The summed E-state index contributed by atoms with van der Waals surface area (Å²) < 4.78 is 10.5. The number of carbonyl (C=O) groups excluding carboxylic acids is 3. The first kappa shape index (κ1) is 20.2. The molecule has 1 fully saturated rings. The van der Waals surface area contributed by atoms with Gasteiger partial charge in [-0.3, -0.25) is 19.7 Å². The van der Waals surface area contributed by atoms with E-state index in [0.29, 0.717) is 51.5 Å². The van der Waals surface area contributed by atoms with E-state index in [2.05, 4.69) is 10.6 Å². The number of amides is 3. The predicted octanol–water partition coefficient (Wildman–Crippen LogP) is -0.115. The van der Waals surface area contributed by atoms with Gasteiger partial charge in [-0.25, -0.2) is 0 Å². The molecule has 2 aliphatic heterocycles. The highest BCUT2D eigenvalue weighted by atomic mass is 16.5. The van der Waals surface area contributed by atoms with E-state index in [0.717, 1.165) is 11.3 Å². The van der Waals surface area contributed by atoms with Crippen LogP contribution in [0.5, 0.6) is 0 Å². The molecule has 28 heavy (non-hydrogen) atoms. The van der Waals surface area contributed by atoms with Gasteiger partial charge < -0.3 is 24.8 Å². The molecule has 0 aromatic heterocycles. The lowest BCUT2D eigenvalue weighted by Crippen LogP contribution is -2.52. The number of hydrogen-bond acceptors (Lipinski definition) is 7. The van der Waals surface area contributed by atoms with Crippen LogP contribution in [0, 0.1) is 0 Å². The van der Waals surface area contributed by atoms with Crippen molar-refractivity contribution in [3.63, 3.8) is 0 Å². The number of hydrogen-bond donors (Lipinski definition) is 3. The summed E-state index contributed by atoms with van der Waals surface area (Å²) in [6, 6.07) is 4.89. The molecule has 3 amide bonds. The van der Waals surface area contributed by atoms with Crippen LogP contribution in [0.3, 0.4) is 0 Å². The molecular weight excluding hydrogens is 366 g/mol. The van der Waals surface area contributed by atoms with Crippen LogP contribution in [0.4, 0.5) is 5.69 Å². The van der Waals surface area contributed by atoms with Gasteiger partial charge in [-0.15, -0.1) is 0 Å². The number of ether oxygens (including phenoxy) is 2. The Morgan fingerprint density at radius 3 is 2.68 bits per heavy atom. The van der Waals surface area contributed by atoms with Gasteiger partial charge in [-0.2, -0.15) is 0 Å². The van der Waals surface area contributed by atoms with E-state index >= 15 is 0 Å². The summed E-state index contributed by atoms with van der Waals surface area (Å²) in [5, 5.41) is 14.1. The molecule has 2 heterocycles. The van der Waals surface area contributed by atoms with Crippen LogP contribution in [-0.4, -0.2) is 73.3 Å². The minimum Gasteiger partial charge on any atom is -0.394 e. The molecule has 0 bridgehead atoms. The lowest BCUT2D eigenvalue weighted by Gasteiger charge is -2.29. The first-order valence-corrected chi connectivity index (χ1v) is 9.38. The van der Waals surface area contributed by atoms with Crippen molar-refractivity contribution in [2.24, 2.45) is 0 Å². The van der Waals surface area contributed by atoms with Crippen molar-refractivity contribution >= 4 is 23.4 Å². The molecule has 1 saturated heterocycles. The highest BCUT2D eigenvalue weighted by Crippen LogP contribution is 2.29. The average molecular weight is 391 g/mol. The van der Waals surface area contributed by atoms with Crippen molar-refractivity contribution in [1.82, 2.24) is 10.2 Å². The molecule has 1 unspecified atom stereocenters. The molecule has 1 aromatic rings. The van der Waals surface area contributed by atoms with E-state index in [4.69, 9.17) is 14.6 Å². The van der Waals surface area contributed by atoms with E-state index in [-0.39, 0.29) is 24.8 Å². The minimum atomic E-state index is -0.601. The van der Waals surface area contributed by atoms with Gasteiger partial charge in [0.1, 0.15) is 6.04 Å². The zero-order valence-corrected chi connectivity index (χ0v) is 15.6. The van der Waals surface area contributed by atoms with Gasteiger partial charge in [0.25, 0.3) is 5.91 Å². The smallest absolute Gasteiger partial charge is 0.255 e. The van der Waals surface area contributed by atoms with Gasteiger partial charge in [0.15, 0.2) is 0 Å². The number of imide groups is 1. The third-order valence-electron chi connectivity index (χ3n) is 4.71. The second kappa shape index (κ2) is 9.63. The van der Waals surface area contributed by atoms with Crippen LogP contribution >= 0.6 is 0 Å². The molecule has 1 atom stereocenters. The minimum absolute atomic E-state index is 0.00333. The Hall–Kier alpha value is -2.49. The number of piperidine rings is 1. The first-order valence-electron chi connectivity index (χ1n) is 9.38. The van der Waals surface area contributed by atoms with Gasteiger partial charge in [-0.05, 0) is 30.2 Å². The molecule has 3 N–H and O–H groups in total. The molecule has 152 valence electrons. The summed E-state index contributed by atoms with van der Waals surface area (Å²) in [6.45, 7) is 2.67. The number of benzene rings is 1. The number of anilines is 1. The van der Waals surface area contributed by atoms with E-state index < -0.39 is 11.9 Å². The van der Waals surface area contributed by atoms with Crippen LogP contribution in [0.15, 0.2) is 18.2 Å². The van der Waals surface area contributed by atoms with Gasteiger partial charge in [0, 0.05) is 30.8 Å². The zero-order valence-electron chi connectivity index (χ0n) is 15.6. The number of nitrogens with one attached hydrogen (secondary N) is 2. The topological polar surface area (TPSA) is 117 Å². The molecule has 0 radical (unpaired) electrons. The zero-order chi connectivity index (χ0) is 19.9. The fourth-order valence-corrected chi connectivity index (χ4v) is 3.34. The third-order valence-corrected chi connectivity index (χ3v) is 4.71. The molecule has 0 spiro atoms. The largest absolute Gasteiger partial charge is 0.394 e. The Labute approximate surface area is 163 Å². The summed E-state index contributed by atoms with van der Waals surface area (Å²) in [5.41, 5.74) is 2.32. The molecule has 9 heteroatoms. The second-order valence-electron chi connectivity index (χ2n) is 6.65. The Bertz CT molecular complexity index is 738. The molecule has 2 aliphatic rings. The maximum atomic E-state index is 12.6. The highest BCUT2D eigenvalue weighted by Gasteiger charge is 2.38. The Kier molecular flexibility index (Phi) is 6.96. The summed E-state index contributed by atoms with van der Waals surface area (Å²) >= 11 is 0. The molecule has 1 aromatic carbocycles. The van der Waals surface area contributed by atoms with Crippen molar-refractivity contribution in [1.29, 1.82) is 0 Å². The highest BCUT2D eigenvalue weighted by molar-refractivity contribution is 6.05. The second-order valence-corrected chi connectivity index (χ2v) is 6.65. The standard InChI is InChI=1S/C19H25N3O6/c23-6-8-28-10-9-27-7-5-20-14-1-2-15-13(11-14)12-22(19(15)26)16-3-4-17(24)21-18(16)25/h1-2,11,16,20,23H,3-10,12H2,(H,21,24,25). The number of nitrogens with zero attached hydrogens (tertiary/aromatic N) is 1. The lowest BCUT2D eigenvalue weighted by atomic mass is 10.0. The van der Waals surface area contributed by atoms with Crippen molar-refractivity contribution < 1.29 is 29.0 Å². The summed E-state index contributed by atoms with van der Waals surface area (Å²) in [6.07, 6.45) is 0.600. The summed E-state index contributed by atoms with van der Waals surface area (Å²) in [5.74, 6) is -0.878. The van der Waals surface area contributed by atoms with Crippen LogP contribution in [0.2, 0.25) is 0 Å². The van der Waals surface area contributed by atoms with E-state index in [1.165, 1.54) is 4.90 Å². The number of carbonyl (C=O) groups is 3. The van der Waals surface area contributed by atoms with Crippen LogP contribution in [0.25, 0.3) is 0 Å². The third kappa shape index (κ3) is 4.86. The van der Waals surface area contributed by atoms with Crippen LogP contribution < -0.4 is 10.6 Å². The quantitative estimate of drug-likeness (QED) is 0.376. The summed E-state index contributed by atoms with van der Waals surface area (Å²) in [4.78, 5) is 37.6. The SMILES string of the molecule is O=C1CCC(N2Cc3cc(NCCOCCOCCO)ccc3C2=O)C(=O)N1. The number of aliphatic hydroxyl groups is 1. The summed E-state index contributed by atoms with van der Waals surface area (Å²) in [7, 11) is 0. The van der Waals surface area contributed by atoms with Crippen molar-refractivity contribution in [2.45, 2.75) is 25.4 Å². The first-order chi connectivity index (χ1) is 13.6. The van der Waals surface area contributed by atoms with E-state index in [9.17, 15) is 14.4 Å². The van der Waals surface area contributed by atoms with Gasteiger partial charge in [-0.1, -0.05) is 0 Å². The molecular formula is C19H25N3O6. The van der Waals surface area contributed by atoms with Crippen molar-refractivity contribution in [2.75, 3.05) is 44.9 Å². The number of rotatable bonds is 10. The van der Waals surface area contributed by atoms with Crippen LogP contribution in [0.1, 0.15) is 28.8 Å².